The molecule has 8 heteroatoms. The molecule has 1 aliphatic heterocycles. The van der Waals surface area contributed by atoms with Gasteiger partial charge in [0.1, 0.15) is 19.0 Å². The molecule has 2 heterocycles. The molecule has 0 unspecified atom stereocenters. The average molecular weight is 374 g/mol. The van der Waals surface area contributed by atoms with Crippen LogP contribution in [0.1, 0.15) is 5.56 Å². The number of aliphatic hydroxyl groups excluding tert-OH is 1. The van der Waals surface area contributed by atoms with Gasteiger partial charge in [-0.15, -0.1) is 0 Å². The lowest BCUT2D eigenvalue weighted by atomic mass is 10.2. The van der Waals surface area contributed by atoms with Crippen LogP contribution < -0.4 is 10.1 Å². The van der Waals surface area contributed by atoms with Crippen molar-refractivity contribution < 1.29 is 19.4 Å². The predicted molar refractivity (Wildman–Crippen MR) is 99.3 cm³/mol. The van der Waals surface area contributed by atoms with Crippen LogP contribution in [0, 0.1) is 0 Å². The molecule has 8 nitrogen and oxygen atoms in total. The zero-order valence-electron chi connectivity index (χ0n) is 15.5. The minimum atomic E-state index is -0.573. The number of rotatable bonds is 9. The number of methoxy groups -OCH3 is 1. The lowest BCUT2D eigenvalue weighted by Crippen LogP contribution is -2.44. The monoisotopic (exact) mass is 374 g/mol. The molecule has 3 rings (SSSR count). The van der Waals surface area contributed by atoms with E-state index in [4.69, 9.17) is 9.47 Å². The molecule has 1 fully saturated rings. The second kappa shape index (κ2) is 9.50. The maximum Gasteiger partial charge on any atom is 0.246 e. The fourth-order valence-electron chi connectivity index (χ4n) is 3.16. The Balaban J connectivity index is 1.43. The Hall–Kier alpha value is -2.42. The lowest BCUT2D eigenvalue weighted by Gasteiger charge is -2.17. The van der Waals surface area contributed by atoms with Gasteiger partial charge in [-0.25, -0.2) is 0 Å². The number of amides is 1. The van der Waals surface area contributed by atoms with Crippen molar-refractivity contribution in [1.82, 2.24) is 20.0 Å². The molecule has 0 saturated carbocycles. The van der Waals surface area contributed by atoms with E-state index in [1.807, 2.05) is 41.2 Å². The van der Waals surface area contributed by atoms with Crippen LogP contribution in [0.5, 0.6) is 5.75 Å². The van der Waals surface area contributed by atoms with Crippen LogP contribution in [0.4, 0.5) is 0 Å². The molecule has 2 N–H and O–H groups in total. The van der Waals surface area contributed by atoms with E-state index in [1.54, 1.807) is 6.20 Å². The van der Waals surface area contributed by atoms with Gasteiger partial charge in [0.15, 0.2) is 0 Å². The molecule has 0 radical (unpaired) electrons. The number of β-amino-alcohol motifs (C(OH)–C–C–N with tert-alkyl or cyclic N) is 1. The summed E-state index contributed by atoms with van der Waals surface area (Å²) in [6.07, 6.45) is 3.08. The summed E-state index contributed by atoms with van der Waals surface area (Å²) in [6, 6.07) is 9.56. The van der Waals surface area contributed by atoms with Crippen molar-refractivity contribution in [2.45, 2.75) is 25.2 Å². The SMILES string of the molecule is COCC(=O)N[C@@H]1CN(Cc2ccc(OCCn3cccn3)cc2)C[C@H]1O. The molecular weight excluding hydrogens is 348 g/mol. The molecule has 1 saturated heterocycles. The second-order valence-corrected chi connectivity index (χ2v) is 6.63. The van der Waals surface area contributed by atoms with E-state index in [2.05, 4.69) is 15.3 Å². The van der Waals surface area contributed by atoms with Crippen molar-refractivity contribution in [3.63, 3.8) is 0 Å². The first-order chi connectivity index (χ1) is 13.1. The molecular formula is C19H26N4O4. The van der Waals surface area contributed by atoms with Crippen LogP contribution in [-0.4, -0.2) is 71.3 Å². The van der Waals surface area contributed by atoms with Crippen molar-refractivity contribution >= 4 is 5.91 Å². The van der Waals surface area contributed by atoms with Gasteiger partial charge < -0.3 is 19.9 Å². The Kier molecular flexibility index (Phi) is 6.80. The molecule has 0 aliphatic carbocycles. The Labute approximate surface area is 158 Å². The number of aromatic nitrogens is 2. The Morgan fingerprint density at radius 2 is 2.15 bits per heavy atom. The number of nitrogens with one attached hydrogen (secondary N) is 1. The highest BCUT2D eigenvalue weighted by atomic mass is 16.5. The molecule has 146 valence electrons. The lowest BCUT2D eigenvalue weighted by molar-refractivity contribution is -0.125. The van der Waals surface area contributed by atoms with Gasteiger partial charge in [0, 0.05) is 39.1 Å². The van der Waals surface area contributed by atoms with Crippen LogP contribution in [0.25, 0.3) is 0 Å². The molecule has 1 aromatic carbocycles. The first-order valence-electron chi connectivity index (χ1n) is 9.02. The van der Waals surface area contributed by atoms with E-state index in [0.717, 1.165) is 11.3 Å². The minimum absolute atomic E-state index is 0.00504. The number of benzene rings is 1. The number of ether oxygens (including phenoxy) is 2. The zero-order chi connectivity index (χ0) is 19.1. The average Bonchev–Trinajstić information content (AvgIpc) is 3.27. The molecule has 1 aliphatic rings. The predicted octanol–water partition coefficient (Wildman–Crippen LogP) is 0.270. The summed E-state index contributed by atoms with van der Waals surface area (Å²) in [6.45, 7) is 3.12. The van der Waals surface area contributed by atoms with Crippen LogP contribution in [0.2, 0.25) is 0 Å². The van der Waals surface area contributed by atoms with Crippen molar-refractivity contribution in [3.05, 3.63) is 48.3 Å². The third kappa shape index (κ3) is 5.78. The molecule has 0 bridgehead atoms. The molecule has 0 spiro atoms. The zero-order valence-corrected chi connectivity index (χ0v) is 15.5. The number of nitrogens with zero attached hydrogens (tertiary/aromatic N) is 3. The van der Waals surface area contributed by atoms with Crippen molar-refractivity contribution in [2.24, 2.45) is 0 Å². The van der Waals surface area contributed by atoms with Crippen LogP contribution in [-0.2, 0) is 22.6 Å². The van der Waals surface area contributed by atoms with Gasteiger partial charge in [-0.1, -0.05) is 12.1 Å². The third-order valence-electron chi connectivity index (χ3n) is 4.46. The highest BCUT2D eigenvalue weighted by molar-refractivity contribution is 5.77. The second-order valence-electron chi connectivity index (χ2n) is 6.63. The molecule has 2 aromatic rings. The first-order valence-corrected chi connectivity index (χ1v) is 9.02. The van der Waals surface area contributed by atoms with Gasteiger partial charge in [-0.2, -0.15) is 5.10 Å². The summed E-state index contributed by atoms with van der Waals surface area (Å²) < 4.78 is 12.4. The van der Waals surface area contributed by atoms with Gasteiger partial charge in [0.2, 0.25) is 5.91 Å². The summed E-state index contributed by atoms with van der Waals surface area (Å²) in [4.78, 5) is 13.7. The summed E-state index contributed by atoms with van der Waals surface area (Å²) in [7, 11) is 1.47. The van der Waals surface area contributed by atoms with E-state index >= 15 is 0 Å². The maximum absolute atomic E-state index is 11.6. The van der Waals surface area contributed by atoms with Crippen molar-refractivity contribution in [2.75, 3.05) is 33.4 Å². The van der Waals surface area contributed by atoms with E-state index in [9.17, 15) is 9.90 Å². The fourth-order valence-corrected chi connectivity index (χ4v) is 3.16. The number of likely N-dealkylation sites (tertiary alicyclic amines) is 1. The van der Waals surface area contributed by atoms with Crippen LogP contribution in [0.3, 0.4) is 0 Å². The number of hydrogen-bond acceptors (Lipinski definition) is 6. The highest BCUT2D eigenvalue weighted by Crippen LogP contribution is 2.17. The van der Waals surface area contributed by atoms with E-state index in [-0.39, 0.29) is 18.6 Å². The smallest absolute Gasteiger partial charge is 0.246 e. The van der Waals surface area contributed by atoms with E-state index < -0.39 is 6.10 Å². The number of carbonyl (C=O) groups is 1. The number of hydrogen-bond donors (Lipinski definition) is 2. The third-order valence-corrected chi connectivity index (χ3v) is 4.46. The van der Waals surface area contributed by atoms with Gasteiger partial charge in [-0.3, -0.25) is 14.4 Å². The maximum atomic E-state index is 11.6. The topological polar surface area (TPSA) is 88.9 Å². The van der Waals surface area contributed by atoms with E-state index in [1.165, 1.54) is 7.11 Å². The molecule has 1 amide bonds. The Bertz CT molecular complexity index is 705. The van der Waals surface area contributed by atoms with E-state index in [0.29, 0.717) is 32.8 Å². The summed E-state index contributed by atoms with van der Waals surface area (Å²) >= 11 is 0. The van der Waals surface area contributed by atoms with Crippen LogP contribution in [0.15, 0.2) is 42.7 Å². The Morgan fingerprint density at radius 3 is 2.85 bits per heavy atom. The van der Waals surface area contributed by atoms with Gasteiger partial charge in [0.25, 0.3) is 0 Å². The van der Waals surface area contributed by atoms with Gasteiger partial charge in [0.05, 0.1) is 18.7 Å². The Morgan fingerprint density at radius 1 is 1.33 bits per heavy atom. The largest absolute Gasteiger partial charge is 0.492 e. The summed E-state index contributed by atoms with van der Waals surface area (Å²) in [5, 5.41) is 17.1. The minimum Gasteiger partial charge on any atom is -0.492 e. The number of carbonyl (C=O) groups excluding carboxylic acids is 1. The van der Waals surface area contributed by atoms with Crippen LogP contribution >= 0.6 is 0 Å². The first kappa shape index (κ1) is 19.3. The molecule has 1 aromatic heterocycles. The molecule has 27 heavy (non-hydrogen) atoms. The molecule has 2 atom stereocenters. The summed E-state index contributed by atoms with van der Waals surface area (Å²) in [5.74, 6) is 0.608. The summed E-state index contributed by atoms with van der Waals surface area (Å²) in [5.41, 5.74) is 1.13. The highest BCUT2D eigenvalue weighted by Gasteiger charge is 2.32. The quantitative estimate of drug-likeness (QED) is 0.655. The number of aliphatic hydroxyl groups is 1. The van der Waals surface area contributed by atoms with Gasteiger partial charge in [-0.05, 0) is 23.8 Å². The fraction of sp³-hybridized carbons (Fsp3) is 0.474. The normalized spacial score (nSPS) is 19.9. The van der Waals surface area contributed by atoms with Gasteiger partial charge >= 0.3 is 0 Å². The van der Waals surface area contributed by atoms with Crippen molar-refractivity contribution in [1.29, 1.82) is 0 Å². The van der Waals surface area contributed by atoms with Crippen molar-refractivity contribution in [3.8, 4) is 5.75 Å². The standard InChI is InChI=1S/C19H26N4O4/c1-26-14-19(25)21-17-12-22(13-18(17)24)11-15-3-5-16(6-4-15)27-10-9-23-8-2-7-20-23/h2-8,17-18,24H,9-14H2,1H3,(H,21,25)/t17-,18-/m1/s1.